The zero-order valence-corrected chi connectivity index (χ0v) is 16.8. The fourth-order valence-corrected chi connectivity index (χ4v) is 3.90. The molecular weight excluding hydrogens is 350 g/mol. The maximum Gasteiger partial charge on any atom is 0.251 e. The van der Waals surface area contributed by atoms with Gasteiger partial charge in [0.1, 0.15) is 0 Å². The number of carbonyl (C=O) groups is 1. The Morgan fingerprint density at radius 1 is 0.963 bits per heavy atom. The van der Waals surface area contributed by atoms with E-state index < -0.39 is 0 Å². The van der Waals surface area contributed by atoms with E-state index in [9.17, 15) is 4.79 Å². The summed E-state index contributed by atoms with van der Waals surface area (Å²) >= 11 is 1.80. The van der Waals surface area contributed by atoms with E-state index in [1.54, 1.807) is 11.8 Å². The summed E-state index contributed by atoms with van der Waals surface area (Å²) < 4.78 is 0. The quantitative estimate of drug-likeness (QED) is 0.528. The van der Waals surface area contributed by atoms with E-state index in [1.807, 2.05) is 49.4 Å². The summed E-state index contributed by atoms with van der Waals surface area (Å²) in [5.74, 6) is 0.857. The van der Waals surface area contributed by atoms with E-state index in [4.69, 9.17) is 0 Å². The zero-order chi connectivity index (χ0) is 19.2. The molecule has 1 amide bonds. The molecule has 0 aromatic heterocycles. The molecule has 0 saturated carbocycles. The first-order valence-electron chi connectivity index (χ1n) is 9.18. The standard InChI is InChI=1S/C24H25NOS/c1-17-9-10-18(2)23(15-17)19(3)25-24(26)21-13-11-20(12-14-21)16-27-22-7-5-4-6-8-22/h4-15,19H,16H2,1-3H3,(H,25,26)/t19-/m0/s1. The van der Waals surface area contributed by atoms with Crippen LogP contribution in [0, 0.1) is 13.8 Å². The monoisotopic (exact) mass is 375 g/mol. The molecule has 0 heterocycles. The third-order valence-corrected chi connectivity index (χ3v) is 5.70. The van der Waals surface area contributed by atoms with Crippen LogP contribution in [0.1, 0.15) is 45.6 Å². The molecule has 0 saturated heterocycles. The summed E-state index contributed by atoms with van der Waals surface area (Å²) in [6.07, 6.45) is 0. The molecule has 2 nitrogen and oxygen atoms in total. The van der Waals surface area contributed by atoms with Gasteiger partial charge in [0.05, 0.1) is 6.04 Å². The van der Waals surface area contributed by atoms with Gasteiger partial charge in [-0.1, -0.05) is 54.1 Å². The predicted octanol–water partition coefficient (Wildman–Crippen LogP) is 6.09. The van der Waals surface area contributed by atoms with Crippen molar-refractivity contribution < 1.29 is 4.79 Å². The molecule has 0 aliphatic heterocycles. The van der Waals surface area contributed by atoms with Gasteiger partial charge in [-0.15, -0.1) is 11.8 Å². The molecular formula is C24H25NOS. The SMILES string of the molecule is Cc1ccc(C)c([C@H](C)NC(=O)c2ccc(CSc3ccccc3)cc2)c1. The average molecular weight is 376 g/mol. The Balaban J connectivity index is 1.61. The molecule has 3 aromatic carbocycles. The number of aryl methyl sites for hydroxylation is 2. The fraction of sp³-hybridized carbons (Fsp3) is 0.208. The molecule has 0 aliphatic rings. The van der Waals surface area contributed by atoms with Crippen molar-refractivity contribution in [3.05, 3.63) is 101 Å². The number of thioether (sulfide) groups is 1. The summed E-state index contributed by atoms with van der Waals surface area (Å²) in [5.41, 5.74) is 5.47. The summed E-state index contributed by atoms with van der Waals surface area (Å²) in [5, 5.41) is 3.11. The van der Waals surface area contributed by atoms with Gasteiger partial charge >= 0.3 is 0 Å². The molecule has 0 aliphatic carbocycles. The molecule has 0 unspecified atom stereocenters. The Hall–Kier alpha value is -2.52. The van der Waals surface area contributed by atoms with Crippen molar-refractivity contribution in [1.82, 2.24) is 5.32 Å². The number of rotatable bonds is 6. The Labute approximate surface area is 166 Å². The van der Waals surface area contributed by atoms with Crippen LogP contribution in [0.2, 0.25) is 0 Å². The van der Waals surface area contributed by atoms with Crippen LogP contribution in [0.4, 0.5) is 0 Å². The molecule has 1 atom stereocenters. The fourth-order valence-electron chi connectivity index (χ4n) is 3.02. The summed E-state index contributed by atoms with van der Waals surface area (Å²) in [7, 11) is 0. The third kappa shape index (κ3) is 5.24. The van der Waals surface area contributed by atoms with Gasteiger partial charge in [-0.05, 0) is 61.7 Å². The normalized spacial score (nSPS) is 11.8. The topological polar surface area (TPSA) is 29.1 Å². The van der Waals surface area contributed by atoms with Crippen LogP contribution < -0.4 is 5.32 Å². The highest BCUT2D eigenvalue weighted by molar-refractivity contribution is 7.98. The van der Waals surface area contributed by atoms with Gasteiger partial charge in [0.25, 0.3) is 5.91 Å². The summed E-state index contributed by atoms with van der Waals surface area (Å²) in [6.45, 7) is 6.19. The lowest BCUT2D eigenvalue weighted by atomic mass is 9.99. The van der Waals surface area contributed by atoms with Crippen molar-refractivity contribution in [1.29, 1.82) is 0 Å². The molecule has 0 spiro atoms. The summed E-state index contributed by atoms with van der Waals surface area (Å²) in [4.78, 5) is 13.9. The molecule has 1 N–H and O–H groups in total. The van der Waals surface area contributed by atoms with Crippen molar-refractivity contribution in [2.75, 3.05) is 0 Å². The maximum absolute atomic E-state index is 12.6. The minimum atomic E-state index is -0.0364. The Kier molecular flexibility index (Phi) is 6.36. The molecule has 0 fully saturated rings. The van der Waals surface area contributed by atoms with E-state index in [-0.39, 0.29) is 11.9 Å². The van der Waals surface area contributed by atoms with Gasteiger partial charge in [0.15, 0.2) is 0 Å². The lowest BCUT2D eigenvalue weighted by Crippen LogP contribution is -2.27. The molecule has 138 valence electrons. The number of hydrogen-bond donors (Lipinski definition) is 1. The van der Waals surface area contributed by atoms with Crippen LogP contribution in [0.3, 0.4) is 0 Å². The minimum Gasteiger partial charge on any atom is -0.346 e. The van der Waals surface area contributed by atoms with Crippen LogP contribution >= 0.6 is 11.8 Å². The van der Waals surface area contributed by atoms with Crippen LogP contribution in [-0.4, -0.2) is 5.91 Å². The van der Waals surface area contributed by atoms with Gasteiger partial charge in [-0.3, -0.25) is 4.79 Å². The van der Waals surface area contributed by atoms with Gasteiger partial charge in [-0.2, -0.15) is 0 Å². The second-order valence-electron chi connectivity index (χ2n) is 6.85. The van der Waals surface area contributed by atoms with Crippen molar-refractivity contribution in [2.24, 2.45) is 0 Å². The van der Waals surface area contributed by atoms with E-state index in [2.05, 4.69) is 49.5 Å². The second kappa shape index (κ2) is 8.92. The molecule has 27 heavy (non-hydrogen) atoms. The van der Waals surface area contributed by atoms with Gasteiger partial charge in [0, 0.05) is 16.2 Å². The Morgan fingerprint density at radius 2 is 1.67 bits per heavy atom. The van der Waals surface area contributed by atoms with E-state index in [1.165, 1.54) is 27.1 Å². The van der Waals surface area contributed by atoms with Crippen molar-refractivity contribution in [3.8, 4) is 0 Å². The van der Waals surface area contributed by atoms with Crippen LogP contribution in [0.5, 0.6) is 0 Å². The molecule has 3 heteroatoms. The number of hydrogen-bond acceptors (Lipinski definition) is 2. The Morgan fingerprint density at radius 3 is 2.37 bits per heavy atom. The number of benzene rings is 3. The van der Waals surface area contributed by atoms with Crippen LogP contribution in [0.25, 0.3) is 0 Å². The van der Waals surface area contributed by atoms with E-state index >= 15 is 0 Å². The van der Waals surface area contributed by atoms with Gasteiger partial charge in [0.2, 0.25) is 0 Å². The lowest BCUT2D eigenvalue weighted by Gasteiger charge is -2.17. The van der Waals surface area contributed by atoms with Crippen molar-refractivity contribution in [3.63, 3.8) is 0 Å². The smallest absolute Gasteiger partial charge is 0.251 e. The highest BCUT2D eigenvalue weighted by Crippen LogP contribution is 2.23. The Bertz CT molecular complexity index is 903. The van der Waals surface area contributed by atoms with Gasteiger partial charge < -0.3 is 5.32 Å². The molecule has 3 aromatic rings. The van der Waals surface area contributed by atoms with Gasteiger partial charge in [-0.25, -0.2) is 0 Å². The molecule has 0 radical (unpaired) electrons. The highest BCUT2D eigenvalue weighted by atomic mass is 32.2. The zero-order valence-electron chi connectivity index (χ0n) is 16.0. The third-order valence-electron chi connectivity index (χ3n) is 4.61. The number of amides is 1. The average Bonchev–Trinajstić information content (AvgIpc) is 2.69. The predicted molar refractivity (Wildman–Crippen MR) is 114 cm³/mol. The minimum absolute atomic E-state index is 0.0225. The van der Waals surface area contributed by atoms with E-state index in [0.29, 0.717) is 5.56 Å². The summed E-state index contributed by atoms with van der Waals surface area (Å²) in [6, 6.07) is 24.6. The number of nitrogens with one attached hydrogen (secondary N) is 1. The highest BCUT2D eigenvalue weighted by Gasteiger charge is 2.13. The first kappa shape index (κ1) is 19.2. The second-order valence-corrected chi connectivity index (χ2v) is 7.90. The maximum atomic E-state index is 12.6. The van der Waals surface area contributed by atoms with E-state index in [0.717, 1.165) is 5.75 Å². The van der Waals surface area contributed by atoms with Crippen molar-refractivity contribution >= 4 is 17.7 Å². The largest absolute Gasteiger partial charge is 0.346 e. The molecule has 3 rings (SSSR count). The first-order valence-corrected chi connectivity index (χ1v) is 10.2. The lowest BCUT2D eigenvalue weighted by molar-refractivity contribution is 0.0940. The van der Waals surface area contributed by atoms with Crippen molar-refractivity contribution in [2.45, 2.75) is 37.5 Å². The van der Waals surface area contributed by atoms with Crippen LogP contribution in [0.15, 0.2) is 77.7 Å². The molecule has 0 bridgehead atoms. The first-order chi connectivity index (χ1) is 13.0. The number of carbonyl (C=O) groups excluding carboxylic acids is 1. The van der Waals surface area contributed by atoms with Crippen LogP contribution in [-0.2, 0) is 5.75 Å².